The Balaban J connectivity index is 1.76. The van der Waals surface area contributed by atoms with Crippen LogP contribution in [0.2, 0.25) is 0 Å². The first-order valence-corrected chi connectivity index (χ1v) is 9.01. The van der Waals surface area contributed by atoms with Crippen molar-refractivity contribution in [2.45, 2.75) is 26.4 Å². The zero-order valence-electron chi connectivity index (χ0n) is 16.5. The molecule has 2 aromatic carbocycles. The van der Waals surface area contributed by atoms with Gasteiger partial charge in [0.05, 0.1) is 4.92 Å². The van der Waals surface area contributed by atoms with Crippen molar-refractivity contribution in [1.29, 1.82) is 0 Å². The van der Waals surface area contributed by atoms with Crippen molar-refractivity contribution < 1.29 is 19.2 Å². The lowest BCUT2D eigenvalue weighted by atomic mass is 10.2. The van der Waals surface area contributed by atoms with Gasteiger partial charge in [-0.2, -0.15) is 0 Å². The summed E-state index contributed by atoms with van der Waals surface area (Å²) in [7, 11) is 0. The zero-order chi connectivity index (χ0) is 21.4. The average Bonchev–Trinajstić information content (AvgIpc) is 2.64. The molecule has 2 amide bonds. The molecule has 9 nitrogen and oxygen atoms in total. The molecule has 3 N–H and O–H groups in total. The molecule has 0 aromatic heterocycles. The minimum atomic E-state index is -0.591. The van der Waals surface area contributed by atoms with Crippen LogP contribution in [0.15, 0.2) is 48.5 Å². The highest BCUT2D eigenvalue weighted by molar-refractivity contribution is 5.95. The fourth-order valence-corrected chi connectivity index (χ4v) is 2.31. The summed E-state index contributed by atoms with van der Waals surface area (Å²) in [4.78, 5) is 34.1. The molecule has 154 valence electrons. The predicted octanol–water partition coefficient (Wildman–Crippen LogP) is 3.78. The van der Waals surface area contributed by atoms with Gasteiger partial charge in [0.15, 0.2) is 0 Å². The lowest BCUT2D eigenvalue weighted by molar-refractivity contribution is -0.384. The van der Waals surface area contributed by atoms with Crippen LogP contribution in [0, 0.1) is 10.1 Å². The molecule has 2 rings (SSSR count). The highest BCUT2D eigenvalue weighted by Gasteiger charge is 2.16. The molecule has 0 fully saturated rings. The van der Waals surface area contributed by atoms with E-state index in [9.17, 15) is 19.7 Å². The van der Waals surface area contributed by atoms with Gasteiger partial charge in [-0.1, -0.05) is 0 Å². The van der Waals surface area contributed by atoms with E-state index in [0.29, 0.717) is 24.3 Å². The van der Waals surface area contributed by atoms with Crippen LogP contribution in [0.1, 0.15) is 31.1 Å². The molecule has 0 heterocycles. The van der Waals surface area contributed by atoms with E-state index in [1.807, 2.05) is 0 Å². The first kappa shape index (κ1) is 21.7. The lowest BCUT2D eigenvalue weighted by Gasteiger charge is -2.19. The van der Waals surface area contributed by atoms with E-state index in [1.165, 1.54) is 12.1 Å². The van der Waals surface area contributed by atoms with Gasteiger partial charge >= 0.3 is 6.09 Å². The molecule has 0 bridgehead atoms. The normalized spacial score (nSPS) is 10.7. The molecule has 0 radical (unpaired) electrons. The Morgan fingerprint density at radius 2 is 1.55 bits per heavy atom. The number of nitro groups is 1. The van der Waals surface area contributed by atoms with E-state index >= 15 is 0 Å². The fourth-order valence-electron chi connectivity index (χ4n) is 2.31. The number of nitrogens with zero attached hydrogens (tertiary/aromatic N) is 1. The number of non-ortho nitro benzene ring substituents is 1. The molecule has 0 saturated heterocycles. The number of carbonyl (C=O) groups is 2. The van der Waals surface area contributed by atoms with Crippen molar-refractivity contribution in [3.8, 4) is 0 Å². The standard InChI is InChI=1S/C20H24N4O5/c1-20(2,3)29-19(26)23-16-6-4-14(5-7-16)18(25)22-13-12-21-15-8-10-17(11-9-15)24(27)28/h4-11,21H,12-13H2,1-3H3,(H,22,25)(H,23,26). The number of hydrogen-bond donors (Lipinski definition) is 3. The van der Waals surface area contributed by atoms with Crippen LogP contribution in [-0.4, -0.2) is 35.6 Å². The Kier molecular flexibility index (Phi) is 7.13. The van der Waals surface area contributed by atoms with Crippen LogP contribution < -0.4 is 16.0 Å². The summed E-state index contributed by atoms with van der Waals surface area (Å²) in [6.07, 6.45) is -0.563. The third-order valence-corrected chi connectivity index (χ3v) is 3.61. The number of carbonyl (C=O) groups excluding carboxylic acids is 2. The Morgan fingerprint density at radius 3 is 2.10 bits per heavy atom. The first-order chi connectivity index (χ1) is 13.6. The molecule has 0 spiro atoms. The molecule has 2 aromatic rings. The van der Waals surface area contributed by atoms with Gasteiger partial charge in [-0.05, 0) is 57.2 Å². The molecule has 0 unspecified atom stereocenters. The van der Waals surface area contributed by atoms with Gasteiger partial charge in [-0.3, -0.25) is 20.2 Å². The summed E-state index contributed by atoms with van der Waals surface area (Å²) in [5, 5.41) is 19.1. The van der Waals surface area contributed by atoms with Gasteiger partial charge in [0.1, 0.15) is 5.60 Å². The minimum Gasteiger partial charge on any atom is -0.444 e. The van der Waals surface area contributed by atoms with E-state index in [2.05, 4.69) is 16.0 Å². The van der Waals surface area contributed by atoms with Gasteiger partial charge in [0.25, 0.3) is 11.6 Å². The third kappa shape index (κ3) is 7.49. The molecule has 0 aliphatic carbocycles. The van der Waals surface area contributed by atoms with Crippen LogP contribution in [0.5, 0.6) is 0 Å². The average molecular weight is 400 g/mol. The van der Waals surface area contributed by atoms with Crippen LogP contribution >= 0.6 is 0 Å². The summed E-state index contributed by atoms with van der Waals surface area (Å²) in [6, 6.07) is 12.5. The number of nitro benzene ring substituents is 1. The lowest BCUT2D eigenvalue weighted by Crippen LogP contribution is -2.29. The SMILES string of the molecule is CC(C)(C)OC(=O)Nc1ccc(C(=O)NCCNc2ccc([N+](=O)[O-])cc2)cc1. The van der Waals surface area contributed by atoms with E-state index < -0.39 is 16.6 Å². The van der Waals surface area contributed by atoms with Gasteiger partial charge in [0.2, 0.25) is 0 Å². The van der Waals surface area contributed by atoms with E-state index in [-0.39, 0.29) is 11.6 Å². The Morgan fingerprint density at radius 1 is 0.966 bits per heavy atom. The molecule has 0 aliphatic heterocycles. The third-order valence-electron chi connectivity index (χ3n) is 3.61. The molecule has 29 heavy (non-hydrogen) atoms. The number of anilines is 2. The Labute approximate surface area is 168 Å². The van der Waals surface area contributed by atoms with Crippen molar-refractivity contribution in [3.05, 3.63) is 64.2 Å². The smallest absolute Gasteiger partial charge is 0.412 e. The minimum absolute atomic E-state index is 0.0217. The number of amides is 2. The van der Waals surface area contributed by atoms with E-state index in [1.54, 1.807) is 57.2 Å². The summed E-state index contributed by atoms with van der Waals surface area (Å²) in [5.41, 5.74) is 1.13. The van der Waals surface area contributed by atoms with Gasteiger partial charge in [-0.25, -0.2) is 4.79 Å². The second kappa shape index (κ2) is 9.54. The first-order valence-electron chi connectivity index (χ1n) is 9.01. The number of hydrogen-bond acceptors (Lipinski definition) is 6. The predicted molar refractivity (Wildman–Crippen MR) is 110 cm³/mol. The second-order valence-corrected chi connectivity index (χ2v) is 7.19. The molecule has 0 aliphatic rings. The Bertz CT molecular complexity index is 858. The second-order valence-electron chi connectivity index (χ2n) is 7.19. The largest absolute Gasteiger partial charge is 0.444 e. The maximum Gasteiger partial charge on any atom is 0.412 e. The van der Waals surface area contributed by atoms with Gasteiger partial charge in [-0.15, -0.1) is 0 Å². The van der Waals surface area contributed by atoms with E-state index in [4.69, 9.17) is 4.74 Å². The van der Waals surface area contributed by atoms with Crippen molar-refractivity contribution in [1.82, 2.24) is 5.32 Å². The van der Waals surface area contributed by atoms with Crippen molar-refractivity contribution in [2.24, 2.45) is 0 Å². The summed E-state index contributed by atoms with van der Waals surface area (Å²) in [6.45, 7) is 6.15. The van der Waals surface area contributed by atoms with Gasteiger partial charge in [0, 0.05) is 42.2 Å². The maximum atomic E-state index is 12.2. The molecule has 0 atom stereocenters. The monoisotopic (exact) mass is 400 g/mol. The summed E-state index contributed by atoms with van der Waals surface area (Å²) >= 11 is 0. The molecule has 9 heteroatoms. The maximum absolute atomic E-state index is 12.2. The number of nitrogens with one attached hydrogen (secondary N) is 3. The highest BCUT2D eigenvalue weighted by atomic mass is 16.6. The molecule has 0 saturated carbocycles. The topological polar surface area (TPSA) is 123 Å². The highest BCUT2D eigenvalue weighted by Crippen LogP contribution is 2.15. The van der Waals surface area contributed by atoms with Crippen molar-refractivity contribution >= 4 is 29.1 Å². The number of benzene rings is 2. The molecular weight excluding hydrogens is 376 g/mol. The summed E-state index contributed by atoms with van der Waals surface area (Å²) < 4.78 is 5.17. The number of ether oxygens (including phenoxy) is 1. The van der Waals surface area contributed by atoms with Crippen LogP contribution in [0.4, 0.5) is 21.9 Å². The van der Waals surface area contributed by atoms with Crippen molar-refractivity contribution in [2.75, 3.05) is 23.7 Å². The van der Waals surface area contributed by atoms with Crippen LogP contribution in [0.3, 0.4) is 0 Å². The van der Waals surface area contributed by atoms with Gasteiger partial charge < -0.3 is 15.4 Å². The van der Waals surface area contributed by atoms with Crippen LogP contribution in [-0.2, 0) is 4.74 Å². The molecular formula is C20H24N4O5. The fraction of sp³-hybridized carbons (Fsp3) is 0.300. The van der Waals surface area contributed by atoms with Crippen LogP contribution in [0.25, 0.3) is 0 Å². The zero-order valence-corrected chi connectivity index (χ0v) is 16.5. The summed E-state index contributed by atoms with van der Waals surface area (Å²) in [5.74, 6) is -0.251. The number of rotatable bonds is 7. The van der Waals surface area contributed by atoms with Crippen molar-refractivity contribution in [3.63, 3.8) is 0 Å². The Hall–Kier alpha value is -3.62. The van der Waals surface area contributed by atoms with E-state index in [0.717, 1.165) is 5.69 Å². The quantitative estimate of drug-likeness (QED) is 0.369.